The van der Waals surface area contributed by atoms with Crippen LogP contribution in [0.3, 0.4) is 0 Å². The number of Topliss-reactive ketones (excluding diaryl/α,β-unsaturated/α-hetero) is 2. The average Bonchev–Trinajstić information content (AvgIpc) is 2.90. The average molecular weight is 320 g/mol. The zero-order valence-corrected chi connectivity index (χ0v) is 14.8. The van der Waals surface area contributed by atoms with Crippen molar-refractivity contribution in [1.82, 2.24) is 0 Å². The molecule has 0 amide bonds. The van der Waals surface area contributed by atoms with Crippen molar-refractivity contribution in [3.05, 3.63) is 59.2 Å². The maximum atomic E-state index is 12.6. The summed E-state index contributed by atoms with van der Waals surface area (Å²) < 4.78 is 0. The van der Waals surface area contributed by atoms with Crippen LogP contribution < -0.4 is 0 Å². The molecule has 0 aromatic heterocycles. The Morgan fingerprint density at radius 1 is 0.958 bits per heavy atom. The highest BCUT2D eigenvalue weighted by molar-refractivity contribution is 6.10. The summed E-state index contributed by atoms with van der Waals surface area (Å²) in [6, 6.07) is 14.5. The van der Waals surface area contributed by atoms with Gasteiger partial charge in [-0.05, 0) is 55.0 Å². The number of fused-ring (bicyclic) bond motifs is 3. The summed E-state index contributed by atoms with van der Waals surface area (Å²) in [6.45, 7) is 7.60. The minimum Gasteiger partial charge on any atom is -0.299 e. The van der Waals surface area contributed by atoms with Gasteiger partial charge in [-0.1, -0.05) is 50.2 Å². The van der Waals surface area contributed by atoms with Crippen LogP contribution in [0.4, 0.5) is 0 Å². The number of carbonyl (C=O) groups excluding carboxylic acids is 2. The fourth-order valence-corrected chi connectivity index (χ4v) is 4.06. The van der Waals surface area contributed by atoms with E-state index in [1.165, 1.54) is 29.2 Å². The molecule has 0 radical (unpaired) electrons. The standard InChI is InChI=1S/C22H24O2/c1-5-22(6-2)19-10-8-7-9-17(19)18-12-11-16(13-20(18)22)21(24)14(3)15(4)23/h7-14H,5-6H2,1-4H3. The van der Waals surface area contributed by atoms with E-state index in [2.05, 4.69) is 44.2 Å². The molecule has 1 aliphatic carbocycles. The fraction of sp³-hybridized carbons (Fsp3) is 0.364. The molecule has 0 aliphatic heterocycles. The molecule has 2 aromatic rings. The first-order valence-electron chi connectivity index (χ1n) is 8.75. The topological polar surface area (TPSA) is 34.1 Å². The van der Waals surface area contributed by atoms with Crippen LogP contribution in [-0.4, -0.2) is 11.6 Å². The summed E-state index contributed by atoms with van der Waals surface area (Å²) in [4.78, 5) is 24.2. The van der Waals surface area contributed by atoms with Crippen molar-refractivity contribution in [2.24, 2.45) is 5.92 Å². The van der Waals surface area contributed by atoms with Gasteiger partial charge in [0.2, 0.25) is 0 Å². The molecular formula is C22H24O2. The van der Waals surface area contributed by atoms with Crippen molar-refractivity contribution in [2.45, 2.75) is 46.0 Å². The maximum absolute atomic E-state index is 12.6. The number of carbonyl (C=O) groups is 2. The third kappa shape index (κ3) is 2.24. The second-order valence-corrected chi connectivity index (χ2v) is 6.79. The highest BCUT2D eigenvalue weighted by Gasteiger charge is 2.40. The number of ketones is 2. The van der Waals surface area contributed by atoms with E-state index in [0.29, 0.717) is 5.56 Å². The molecule has 2 nitrogen and oxygen atoms in total. The van der Waals surface area contributed by atoms with E-state index in [4.69, 9.17) is 0 Å². The lowest BCUT2D eigenvalue weighted by Gasteiger charge is -2.29. The lowest BCUT2D eigenvalue weighted by Crippen LogP contribution is -2.24. The summed E-state index contributed by atoms with van der Waals surface area (Å²) in [5, 5.41) is 0. The Labute approximate surface area is 143 Å². The van der Waals surface area contributed by atoms with Crippen molar-refractivity contribution in [3.8, 4) is 11.1 Å². The van der Waals surface area contributed by atoms with Gasteiger partial charge in [0.05, 0.1) is 5.92 Å². The Balaban J connectivity index is 2.18. The molecule has 2 heteroatoms. The first-order valence-corrected chi connectivity index (χ1v) is 8.75. The lowest BCUT2D eigenvalue weighted by molar-refractivity contribution is -0.118. The van der Waals surface area contributed by atoms with Crippen LogP contribution >= 0.6 is 0 Å². The number of rotatable bonds is 5. The van der Waals surface area contributed by atoms with E-state index in [1.807, 2.05) is 12.1 Å². The molecule has 0 fully saturated rings. The predicted octanol–water partition coefficient (Wildman–Crippen LogP) is 5.18. The van der Waals surface area contributed by atoms with Gasteiger partial charge in [0, 0.05) is 11.0 Å². The van der Waals surface area contributed by atoms with Crippen molar-refractivity contribution in [2.75, 3.05) is 0 Å². The second kappa shape index (κ2) is 6.01. The van der Waals surface area contributed by atoms with Crippen molar-refractivity contribution in [1.29, 1.82) is 0 Å². The van der Waals surface area contributed by atoms with Gasteiger partial charge in [-0.15, -0.1) is 0 Å². The summed E-state index contributed by atoms with van der Waals surface area (Å²) in [6.07, 6.45) is 1.99. The number of hydrogen-bond donors (Lipinski definition) is 0. The van der Waals surface area contributed by atoms with Crippen molar-refractivity contribution < 1.29 is 9.59 Å². The van der Waals surface area contributed by atoms with Crippen LogP contribution in [0.5, 0.6) is 0 Å². The van der Waals surface area contributed by atoms with Gasteiger partial charge in [-0.3, -0.25) is 9.59 Å². The van der Waals surface area contributed by atoms with Crippen molar-refractivity contribution in [3.63, 3.8) is 0 Å². The zero-order valence-electron chi connectivity index (χ0n) is 14.8. The molecule has 0 saturated carbocycles. The van der Waals surface area contributed by atoms with E-state index in [0.717, 1.165) is 12.8 Å². The van der Waals surface area contributed by atoms with E-state index in [-0.39, 0.29) is 17.0 Å². The quantitative estimate of drug-likeness (QED) is 0.562. The Morgan fingerprint density at radius 2 is 1.58 bits per heavy atom. The third-order valence-electron chi connectivity index (χ3n) is 5.76. The predicted molar refractivity (Wildman–Crippen MR) is 97.4 cm³/mol. The molecule has 1 aliphatic rings. The van der Waals surface area contributed by atoms with Gasteiger partial charge in [0.15, 0.2) is 5.78 Å². The van der Waals surface area contributed by atoms with E-state index < -0.39 is 5.92 Å². The molecule has 2 aromatic carbocycles. The third-order valence-corrected chi connectivity index (χ3v) is 5.76. The summed E-state index contributed by atoms with van der Waals surface area (Å²) in [7, 11) is 0. The molecule has 0 bridgehead atoms. The van der Waals surface area contributed by atoms with Crippen LogP contribution in [0, 0.1) is 5.92 Å². The Bertz CT molecular complexity index is 812. The van der Waals surface area contributed by atoms with Gasteiger partial charge in [0.25, 0.3) is 0 Å². The lowest BCUT2D eigenvalue weighted by atomic mass is 9.73. The fourth-order valence-electron chi connectivity index (χ4n) is 4.06. The molecule has 0 heterocycles. The van der Waals surface area contributed by atoms with E-state index in [9.17, 15) is 9.59 Å². The van der Waals surface area contributed by atoms with Crippen molar-refractivity contribution >= 4 is 11.6 Å². The molecule has 1 atom stereocenters. The number of hydrogen-bond acceptors (Lipinski definition) is 2. The molecule has 124 valence electrons. The van der Waals surface area contributed by atoms with Gasteiger partial charge >= 0.3 is 0 Å². The first kappa shape index (κ1) is 16.6. The smallest absolute Gasteiger partial charge is 0.173 e. The normalized spacial score (nSPS) is 15.5. The van der Waals surface area contributed by atoms with Gasteiger partial charge in [0.1, 0.15) is 5.78 Å². The molecule has 0 saturated heterocycles. The first-order chi connectivity index (χ1) is 11.5. The van der Waals surface area contributed by atoms with Gasteiger partial charge in [-0.2, -0.15) is 0 Å². The monoisotopic (exact) mass is 320 g/mol. The van der Waals surface area contributed by atoms with Crippen LogP contribution in [0.1, 0.15) is 62.0 Å². The van der Waals surface area contributed by atoms with Crippen LogP contribution in [0.15, 0.2) is 42.5 Å². The Morgan fingerprint density at radius 3 is 2.21 bits per heavy atom. The largest absolute Gasteiger partial charge is 0.299 e. The summed E-state index contributed by atoms with van der Waals surface area (Å²) in [5.74, 6) is -0.743. The minimum absolute atomic E-state index is 0.0400. The van der Waals surface area contributed by atoms with Gasteiger partial charge < -0.3 is 0 Å². The second-order valence-electron chi connectivity index (χ2n) is 6.79. The molecular weight excluding hydrogens is 296 g/mol. The highest BCUT2D eigenvalue weighted by atomic mass is 16.1. The highest BCUT2D eigenvalue weighted by Crippen LogP contribution is 2.52. The zero-order chi connectivity index (χ0) is 17.5. The molecule has 0 N–H and O–H groups in total. The Kier molecular flexibility index (Phi) is 4.16. The van der Waals surface area contributed by atoms with Crippen LogP contribution in [0.25, 0.3) is 11.1 Å². The molecule has 24 heavy (non-hydrogen) atoms. The molecule has 1 unspecified atom stereocenters. The van der Waals surface area contributed by atoms with E-state index in [1.54, 1.807) is 6.92 Å². The summed E-state index contributed by atoms with van der Waals surface area (Å²) in [5.41, 5.74) is 5.69. The molecule has 3 rings (SSSR count). The molecule has 0 spiro atoms. The number of benzene rings is 2. The van der Waals surface area contributed by atoms with Crippen LogP contribution in [0.2, 0.25) is 0 Å². The maximum Gasteiger partial charge on any atom is 0.173 e. The Hall–Kier alpha value is -2.22. The minimum atomic E-state index is -0.579. The SMILES string of the molecule is CCC1(CC)c2ccccc2-c2ccc(C(=O)C(C)C(C)=O)cc21. The van der Waals surface area contributed by atoms with Crippen LogP contribution in [-0.2, 0) is 10.2 Å². The van der Waals surface area contributed by atoms with E-state index >= 15 is 0 Å². The summed E-state index contributed by atoms with van der Waals surface area (Å²) >= 11 is 0. The van der Waals surface area contributed by atoms with Gasteiger partial charge in [-0.25, -0.2) is 0 Å².